The Hall–Kier alpha value is -1.43. The van der Waals surface area contributed by atoms with Crippen LogP contribution in [-0.2, 0) is 42.7 Å². The number of allylic oxidation sites excluding steroid dienone is 2. The molecule has 0 aromatic heterocycles. The molecule has 0 spiro atoms. The summed E-state index contributed by atoms with van der Waals surface area (Å²) in [5.41, 5.74) is -2.48. The van der Waals surface area contributed by atoms with Gasteiger partial charge >= 0.3 is 0 Å². The van der Waals surface area contributed by atoms with E-state index in [-0.39, 0.29) is 41.1 Å². The largest absolute Gasteiger partial charge is 0.394 e. The SMILES string of the molecule is CC(C)=CCCC(O)(CO[C@@H]1O[C@H](CO)[C@@H](O)[C@H](O)[C@H]1O)C1CCC2(C)C1CCC1C3(C=O)CCC(O[C@@H]4OC[C@H](O)[C@@H](O[C@@H]5O[C@H](CO)[C@@H](O)[C@H](O)[C@H]5O)[C@H]4O[C@@H]4O[C@H](C)[C@@H](O)[C@@H](O)[C@H]4O)C(C)(C)C3CCC12C. The molecule has 22 heteroatoms. The van der Waals surface area contributed by atoms with Crippen LogP contribution in [0.4, 0.5) is 0 Å². The first kappa shape index (κ1) is 59.7. The molecule has 4 heterocycles. The fraction of sp³-hybridized carbons (Fsp3) is 0.943. The second kappa shape index (κ2) is 22.8. The second-order valence-corrected chi connectivity index (χ2v) is 24.8. The van der Waals surface area contributed by atoms with E-state index in [1.807, 2.05) is 13.8 Å². The fourth-order valence-electron chi connectivity index (χ4n) is 15.7. The van der Waals surface area contributed by atoms with E-state index in [1.165, 1.54) is 13.2 Å². The molecule has 432 valence electrons. The fourth-order valence-corrected chi connectivity index (χ4v) is 15.7. The van der Waals surface area contributed by atoms with E-state index in [4.69, 9.17) is 37.9 Å². The monoisotopic (exact) mass is 1080 g/mol. The van der Waals surface area contributed by atoms with Gasteiger partial charge in [0.05, 0.1) is 44.2 Å². The number of aliphatic hydroxyl groups is 13. The lowest BCUT2D eigenvalue weighted by molar-refractivity contribution is -0.388. The van der Waals surface area contributed by atoms with Crippen molar-refractivity contribution in [2.24, 2.45) is 45.3 Å². The van der Waals surface area contributed by atoms with E-state index >= 15 is 0 Å². The Morgan fingerprint density at radius 2 is 1.20 bits per heavy atom. The third-order valence-corrected chi connectivity index (χ3v) is 20.3. The van der Waals surface area contributed by atoms with Gasteiger partial charge in [-0.3, -0.25) is 0 Å². The van der Waals surface area contributed by atoms with E-state index in [0.717, 1.165) is 24.8 Å². The molecule has 4 aliphatic heterocycles. The minimum absolute atomic E-state index is 0.0229. The van der Waals surface area contributed by atoms with Gasteiger partial charge in [0.2, 0.25) is 0 Å². The lowest BCUT2D eigenvalue weighted by Crippen LogP contribution is -2.67. The first-order chi connectivity index (χ1) is 35.2. The van der Waals surface area contributed by atoms with Gasteiger partial charge < -0.3 is 109 Å². The summed E-state index contributed by atoms with van der Waals surface area (Å²) in [4.78, 5) is 14.2. The van der Waals surface area contributed by atoms with Crippen LogP contribution in [0.5, 0.6) is 0 Å². The number of carbonyl (C=O) groups is 1. The lowest BCUT2D eigenvalue weighted by atomic mass is 9.35. The van der Waals surface area contributed by atoms with Gasteiger partial charge in [-0.1, -0.05) is 39.3 Å². The molecule has 8 aliphatic rings. The molecule has 28 atom stereocenters. The highest BCUT2D eigenvalue weighted by molar-refractivity contribution is 5.62. The van der Waals surface area contributed by atoms with Crippen molar-refractivity contribution >= 4 is 6.29 Å². The topological polar surface area (TPSA) is 354 Å². The average molecular weight is 1080 g/mol. The van der Waals surface area contributed by atoms with Gasteiger partial charge in [-0.05, 0) is 125 Å². The number of ether oxygens (including phenoxy) is 8. The summed E-state index contributed by atoms with van der Waals surface area (Å²) in [5, 5.41) is 140. The molecule has 8 rings (SSSR count). The maximum atomic E-state index is 14.2. The summed E-state index contributed by atoms with van der Waals surface area (Å²) in [6, 6.07) is 0. The molecule has 75 heavy (non-hydrogen) atoms. The van der Waals surface area contributed by atoms with E-state index < -0.39 is 159 Å². The molecule has 8 fully saturated rings. The van der Waals surface area contributed by atoms with Gasteiger partial charge in [-0.15, -0.1) is 0 Å². The molecule has 4 aliphatic carbocycles. The molecule has 4 saturated heterocycles. The van der Waals surface area contributed by atoms with Crippen molar-refractivity contribution in [2.75, 3.05) is 26.4 Å². The van der Waals surface area contributed by atoms with Crippen LogP contribution >= 0.6 is 0 Å². The van der Waals surface area contributed by atoms with Crippen LogP contribution in [0.2, 0.25) is 0 Å². The average Bonchev–Trinajstić information content (AvgIpc) is 3.75. The quantitative estimate of drug-likeness (QED) is 0.0483. The molecule has 9 unspecified atom stereocenters. The number of rotatable bonds is 16. The van der Waals surface area contributed by atoms with Crippen LogP contribution in [-0.4, -0.2) is 228 Å². The van der Waals surface area contributed by atoms with E-state index in [9.17, 15) is 71.2 Å². The number of hydrogen-bond acceptors (Lipinski definition) is 22. The van der Waals surface area contributed by atoms with Crippen LogP contribution in [0, 0.1) is 45.3 Å². The van der Waals surface area contributed by atoms with Gasteiger partial charge in [0.25, 0.3) is 0 Å². The van der Waals surface area contributed by atoms with Crippen molar-refractivity contribution in [3.63, 3.8) is 0 Å². The summed E-state index contributed by atoms with van der Waals surface area (Å²) < 4.78 is 48.9. The van der Waals surface area contributed by atoms with E-state index in [1.54, 1.807) is 0 Å². The highest BCUT2D eigenvalue weighted by Crippen LogP contribution is 2.76. The number of aldehydes is 1. The highest BCUT2D eigenvalue weighted by Gasteiger charge is 2.71. The second-order valence-electron chi connectivity index (χ2n) is 24.8. The van der Waals surface area contributed by atoms with Crippen LogP contribution in [0.1, 0.15) is 113 Å². The predicted octanol–water partition coefficient (Wildman–Crippen LogP) is -1.36. The van der Waals surface area contributed by atoms with Gasteiger partial charge in [-0.25, -0.2) is 0 Å². The number of fused-ring (bicyclic) bond motifs is 5. The molecule has 0 aromatic carbocycles. The summed E-state index contributed by atoms with van der Waals surface area (Å²) >= 11 is 0. The van der Waals surface area contributed by atoms with Crippen molar-refractivity contribution in [3.8, 4) is 0 Å². The Kier molecular flexibility index (Phi) is 18.2. The minimum Gasteiger partial charge on any atom is -0.394 e. The van der Waals surface area contributed by atoms with E-state index in [2.05, 4.69) is 33.8 Å². The van der Waals surface area contributed by atoms with Gasteiger partial charge in [0.15, 0.2) is 25.2 Å². The molecular formula is C53H88O22. The van der Waals surface area contributed by atoms with Crippen LogP contribution in [0.25, 0.3) is 0 Å². The first-order valence-electron chi connectivity index (χ1n) is 27.3. The Labute approximate surface area is 438 Å². The molecule has 13 N–H and O–H groups in total. The molecule has 22 nitrogen and oxygen atoms in total. The van der Waals surface area contributed by atoms with Gasteiger partial charge in [-0.2, -0.15) is 0 Å². The van der Waals surface area contributed by atoms with Crippen molar-refractivity contribution < 1.29 is 109 Å². The zero-order chi connectivity index (χ0) is 54.9. The minimum atomic E-state index is -1.86. The molecule has 0 amide bonds. The standard InChI is InChI=1S/C53H88O22/c1-24(2)9-8-15-53(67,23-69-45-40(64)38(62)35(59)29(19-54)71-45)27-12-16-50(6)26(27)10-11-32-51(50,7)17-13-31-49(4,5)33(14-18-52(31,32)22-56)73-48-44(75-46-41(65)37(61)34(58)25(3)70-46)43(28(57)21-68-48)74-47-42(66)39(63)36(60)30(20-55)72-47/h9,22,25-48,54-55,57-67H,8,10-21,23H2,1-7H3/t25-,26?,27?,28+,29-,30-,31?,32?,33?,34-,35-,36-,37-,38+,39+,40-,41-,42-,43-,44-,45-,46+,47+,48+,50?,51?,52?,53?/m1/s1. The number of hydrogen-bond donors (Lipinski definition) is 13. The van der Waals surface area contributed by atoms with Crippen molar-refractivity contribution in [1.29, 1.82) is 0 Å². The predicted molar refractivity (Wildman–Crippen MR) is 259 cm³/mol. The first-order valence-corrected chi connectivity index (χ1v) is 27.3. The molecule has 4 saturated carbocycles. The molecule has 0 bridgehead atoms. The summed E-state index contributed by atoms with van der Waals surface area (Å²) in [7, 11) is 0. The smallest absolute Gasteiger partial charge is 0.187 e. The highest BCUT2D eigenvalue weighted by atomic mass is 16.8. The van der Waals surface area contributed by atoms with Gasteiger partial charge in [0.1, 0.15) is 91.7 Å². The maximum Gasteiger partial charge on any atom is 0.187 e. The van der Waals surface area contributed by atoms with Crippen molar-refractivity contribution in [2.45, 2.75) is 241 Å². The zero-order valence-electron chi connectivity index (χ0n) is 44.4. The normalized spacial score (nSPS) is 51.7. The van der Waals surface area contributed by atoms with Crippen LogP contribution in [0.15, 0.2) is 11.6 Å². The van der Waals surface area contributed by atoms with Crippen molar-refractivity contribution in [3.05, 3.63) is 11.6 Å². The zero-order valence-corrected chi connectivity index (χ0v) is 44.4. The molecular weight excluding hydrogens is 989 g/mol. The Morgan fingerprint density at radius 3 is 1.81 bits per heavy atom. The third-order valence-electron chi connectivity index (χ3n) is 20.3. The molecule has 0 aromatic rings. The van der Waals surface area contributed by atoms with Gasteiger partial charge in [0, 0.05) is 5.41 Å². The lowest BCUT2D eigenvalue weighted by Gasteiger charge is -2.69. The summed E-state index contributed by atoms with van der Waals surface area (Å²) in [5.74, 6) is -0.460. The number of carbonyl (C=O) groups excluding carboxylic acids is 1. The Balaban J connectivity index is 1.03. The van der Waals surface area contributed by atoms with Crippen LogP contribution in [0.3, 0.4) is 0 Å². The Bertz CT molecular complexity index is 1960. The Morgan fingerprint density at radius 1 is 0.627 bits per heavy atom. The molecule has 0 radical (unpaired) electrons. The third kappa shape index (κ3) is 10.5. The summed E-state index contributed by atoms with van der Waals surface area (Å²) in [6.07, 6.45) is -20.7. The van der Waals surface area contributed by atoms with Crippen LogP contribution < -0.4 is 0 Å². The van der Waals surface area contributed by atoms with Crippen molar-refractivity contribution in [1.82, 2.24) is 0 Å². The summed E-state index contributed by atoms with van der Waals surface area (Å²) in [6.45, 7) is 12.2. The number of aliphatic hydroxyl groups excluding tert-OH is 12. The van der Waals surface area contributed by atoms with E-state index in [0.29, 0.717) is 44.9 Å². The maximum absolute atomic E-state index is 14.2.